The summed E-state index contributed by atoms with van der Waals surface area (Å²) in [6.45, 7) is 0. The fraction of sp³-hybridized carbons (Fsp3) is 0.364. The van der Waals surface area contributed by atoms with Crippen molar-refractivity contribution < 1.29 is 35.1 Å². The minimum atomic E-state index is -6.24. The van der Waals surface area contributed by atoms with Gasteiger partial charge in [0, 0.05) is 12.3 Å². The van der Waals surface area contributed by atoms with Crippen LogP contribution >= 0.6 is 0 Å². The lowest BCUT2D eigenvalue weighted by Crippen LogP contribution is -2.65. The lowest BCUT2D eigenvalue weighted by Gasteiger charge is -2.40. The molecule has 0 saturated carbocycles. The van der Waals surface area contributed by atoms with E-state index in [0.717, 1.165) is 18.3 Å². The van der Waals surface area contributed by atoms with Gasteiger partial charge in [-0.25, -0.2) is 0 Å². The zero-order valence-corrected chi connectivity index (χ0v) is 9.36. The topological polar surface area (TPSA) is 12.9 Å². The molecule has 0 bridgehead atoms. The maximum Gasteiger partial charge on any atom is 0.382 e. The Morgan fingerprint density at radius 3 is 1.90 bits per heavy atom. The molecular formula is C11H5F8N. The van der Waals surface area contributed by atoms with Gasteiger partial charge in [0.25, 0.3) is 0 Å². The Labute approximate surface area is 106 Å². The van der Waals surface area contributed by atoms with Gasteiger partial charge in [0.1, 0.15) is 0 Å². The second-order valence-corrected chi connectivity index (χ2v) is 4.12. The third-order valence-corrected chi connectivity index (χ3v) is 2.81. The molecule has 1 aromatic rings. The van der Waals surface area contributed by atoms with Gasteiger partial charge in [0.15, 0.2) is 0 Å². The average Bonchev–Trinajstić information content (AvgIpc) is 2.35. The summed E-state index contributed by atoms with van der Waals surface area (Å²) < 4.78 is 105. The molecule has 0 aromatic carbocycles. The van der Waals surface area contributed by atoms with E-state index in [2.05, 4.69) is 4.98 Å². The van der Waals surface area contributed by atoms with Crippen LogP contribution in [-0.2, 0) is 0 Å². The van der Waals surface area contributed by atoms with E-state index in [9.17, 15) is 35.1 Å². The van der Waals surface area contributed by atoms with Crippen LogP contribution in [0.1, 0.15) is 5.69 Å². The first-order chi connectivity index (χ1) is 8.95. The van der Waals surface area contributed by atoms with Gasteiger partial charge in [0.2, 0.25) is 0 Å². The first-order valence-electron chi connectivity index (χ1n) is 5.11. The van der Waals surface area contributed by atoms with E-state index in [1.54, 1.807) is 0 Å². The summed E-state index contributed by atoms with van der Waals surface area (Å²) in [6.07, 6.45) is 0.0298. The summed E-state index contributed by atoms with van der Waals surface area (Å²) in [4.78, 5) is 3.22. The van der Waals surface area contributed by atoms with Crippen molar-refractivity contribution in [2.45, 2.75) is 23.7 Å². The van der Waals surface area contributed by atoms with Crippen LogP contribution in [0, 0.1) is 0 Å². The van der Waals surface area contributed by atoms with Crippen LogP contribution in [0.2, 0.25) is 0 Å². The number of hydrogen-bond acceptors (Lipinski definition) is 1. The minimum absolute atomic E-state index is 0.745. The molecule has 1 nitrogen and oxygen atoms in total. The average molecular weight is 303 g/mol. The Hall–Kier alpha value is -1.67. The molecule has 0 atom stereocenters. The highest BCUT2D eigenvalue weighted by atomic mass is 19.4. The monoisotopic (exact) mass is 303 g/mol. The van der Waals surface area contributed by atoms with Crippen LogP contribution in [0.3, 0.4) is 0 Å². The van der Waals surface area contributed by atoms with E-state index in [1.807, 2.05) is 0 Å². The molecule has 0 unspecified atom stereocenters. The second-order valence-electron chi connectivity index (χ2n) is 4.12. The predicted octanol–water partition coefficient (Wildman–Crippen LogP) is 4.02. The maximum absolute atomic E-state index is 13.5. The molecule has 1 heterocycles. The highest BCUT2D eigenvalue weighted by molar-refractivity contribution is 5.72. The van der Waals surface area contributed by atoms with Gasteiger partial charge in [-0.05, 0) is 12.1 Å². The molecule has 1 aliphatic carbocycles. The molecule has 110 valence electrons. The smallest absolute Gasteiger partial charge is 0.256 e. The van der Waals surface area contributed by atoms with E-state index in [0.29, 0.717) is 0 Å². The zero-order chi connectivity index (χ0) is 15.4. The minimum Gasteiger partial charge on any atom is -0.256 e. The number of hydrogen-bond donors (Lipinski definition) is 0. The normalized spacial score (nSPS) is 25.9. The SMILES string of the molecule is FC1(F)C=C(c2ccccn2)C(F)(F)C(F)(F)C1(F)F. The van der Waals surface area contributed by atoms with Crippen LogP contribution < -0.4 is 0 Å². The first-order valence-corrected chi connectivity index (χ1v) is 5.11. The summed E-state index contributed by atoms with van der Waals surface area (Å²) in [5, 5.41) is 0. The van der Waals surface area contributed by atoms with Gasteiger partial charge < -0.3 is 0 Å². The molecule has 0 fully saturated rings. The van der Waals surface area contributed by atoms with Crippen molar-refractivity contribution in [1.82, 2.24) is 4.98 Å². The molecule has 0 amide bonds. The highest BCUT2D eigenvalue weighted by Gasteiger charge is 2.83. The Morgan fingerprint density at radius 2 is 1.40 bits per heavy atom. The molecule has 0 saturated heterocycles. The van der Waals surface area contributed by atoms with Crippen molar-refractivity contribution >= 4 is 5.57 Å². The third kappa shape index (κ3) is 1.64. The van der Waals surface area contributed by atoms with Crippen LogP contribution in [0.15, 0.2) is 30.5 Å². The van der Waals surface area contributed by atoms with Crippen LogP contribution in [0.25, 0.3) is 5.57 Å². The predicted molar refractivity (Wildman–Crippen MR) is 52.0 cm³/mol. The van der Waals surface area contributed by atoms with Gasteiger partial charge >= 0.3 is 23.7 Å². The van der Waals surface area contributed by atoms with Crippen molar-refractivity contribution in [3.05, 3.63) is 36.2 Å². The molecule has 0 radical (unpaired) electrons. The van der Waals surface area contributed by atoms with Crippen LogP contribution in [0.5, 0.6) is 0 Å². The van der Waals surface area contributed by atoms with Crippen molar-refractivity contribution in [2.75, 3.05) is 0 Å². The zero-order valence-electron chi connectivity index (χ0n) is 9.36. The quantitative estimate of drug-likeness (QED) is 0.714. The number of aromatic nitrogens is 1. The lowest BCUT2D eigenvalue weighted by atomic mass is 9.84. The second kappa shape index (κ2) is 3.92. The van der Waals surface area contributed by atoms with E-state index in [1.165, 1.54) is 6.07 Å². The summed E-state index contributed by atoms with van der Waals surface area (Å²) in [7, 11) is 0. The molecule has 2 rings (SSSR count). The Bertz CT molecular complexity index is 549. The Kier molecular flexibility index (Phi) is 2.89. The Morgan fingerprint density at radius 1 is 0.800 bits per heavy atom. The summed E-state index contributed by atoms with van der Waals surface area (Å²) in [5.74, 6) is -23.4. The highest BCUT2D eigenvalue weighted by Crippen LogP contribution is 2.60. The molecule has 9 heteroatoms. The van der Waals surface area contributed by atoms with Crippen molar-refractivity contribution in [1.29, 1.82) is 0 Å². The standard InChI is InChI=1S/C11H5F8N/c12-8(13)5-6(7-3-1-2-4-20-7)9(14,15)11(18,19)10(8,16)17/h1-5H. The van der Waals surface area contributed by atoms with Crippen molar-refractivity contribution in [2.24, 2.45) is 0 Å². The molecule has 1 aromatic heterocycles. The lowest BCUT2D eigenvalue weighted by molar-refractivity contribution is -0.348. The van der Waals surface area contributed by atoms with Crippen LogP contribution in [0.4, 0.5) is 35.1 Å². The van der Waals surface area contributed by atoms with Crippen LogP contribution in [-0.4, -0.2) is 28.7 Å². The van der Waals surface area contributed by atoms with Gasteiger partial charge in [-0.2, -0.15) is 35.1 Å². The molecule has 1 aliphatic rings. The molecule has 20 heavy (non-hydrogen) atoms. The third-order valence-electron chi connectivity index (χ3n) is 2.81. The summed E-state index contributed by atoms with van der Waals surface area (Å²) in [5.41, 5.74) is -2.86. The van der Waals surface area contributed by atoms with Gasteiger partial charge in [-0.15, -0.1) is 0 Å². The van der Waals surface area contributed by atoms with Gasteiger partial charge in [-0.1, -0.05) is 6.07 Å². The van der Waals surface area contributed by atoms with Crippen molar-refractivity contribution in [3.63, 3.8) is 0 Å². The molecule has 0 N–H and O–H groups in total. The fourth-order valence-electron chi connectivity index (χ4n) is 1.70. The molecule has 0 aliphatic heterocycles. The van der Waals surface area contributed by atoms with Gasteiger partial charge in [0.05, 0.1) is 11.3 Å². The Balaban J connectivity index is 2.73. The summed E-state index contributed by atoms with van der Waals surface area (Å²) in [6, 6.07) is 3.04. The van der Waals surface area contributed by atoms with E-state index >= 15 is 0 Å². The van der Waals surface area contributed by atoms with E-state index < -0.39 is 41.0 Å². The number of halogens is 8. The number of pyridine rings is 1. The number of rotatable bonds is 1. The number of allylic oxidation sites excluding steroid dienone is 2. The maximum atomic E-state index is 13.5. The number of alkyl halides is 8. The fourth-order valence-corrected chi connectivity index (χ4v) is 1.70. The summed E-state index contributed by atoms with van der Waals surface area (Å²) >= 11 is 0. The van der Waals surface area contributed by atoms with E-state index in [4.69, 9.17) is 0 Å². The van der Waals surface area contributed by atoms with Crippen molar-refractivity contribution in [3.8, 4) is 0 Å². The van der Waals surface area contributed by atoms with E-state index in [-0.39, 0.29) is 0 Å². The number of nitrogens with zero attached hydrogens (tertiary/aromatic N) is 1. The first kappa shape index (κ1) is 14.7. The molecule has 0 spiro atoms. The largest absolute Gasteiger partial charge is 0.382 e. The van der Waals surface area contributed by atoms with Gasteiger partial charge in [-0.3, -0.25) is 4.98 Å². The molecular weight excluding hydrogens is 298 g/mol.